The van der Waals surface area contributed by atoms with Crippen LogP contribution < -0.4 is 4.74 Å². The number of fused-ring (bicyclic) bond motifs is 1. The number of aryl methyl sites for hydroxylation is 1. The van der Waals surface area contributed by atoms with E-state index in [2.05, 4.69) is 4.98 Å². The van der Waals surface area contributed by atoms with Crippen LogP contribution in [0.25, 0.3) is 0 Å². The molecule has 116 valence electrons. The lowest BCUT2D eigenvalue weighted by atomic mass is 9.95. The van der Waals surface area contributed by atoms with Gasteiger partial charge in [0.2, 0.25) is 5.91 Å². The third-order valence-corrected chi connectivity index (χ3v) is 4.88. The van der Waals surface area contributed by atoms with E-state index in [1.807, 2.05) is 43.6 Å². The van der Waals surface area contributed by atoms with Crippen molar-refractivity contribution in [1.82, 2.24) is 9.88 Å². The molecule has 1 unspecified atom stereocenters. The first-order valence-electron chi connectivity index (χ1n) is 7.50. The molecule has 3 rings (SSSR count). The molecule has 2 aromatic rings. The molecule has 4 nitrogen and oxygen atoms in total. The van der Waals surface area contributed by atoms with Crippen LogP contribution in [0.15, 0.2) is 29.6 Å². The summed E-state index contributed by atoms with van der Waals surface area (Å²) in [4.78, 5) is 18.9. The van der Waals surface area contributed by atoms with Crippen LogP contribution >= 0.6 is 11.3 Å². The zero-order valence-corrected chi connectivity index (χ0v) is 13.7. The fraction of sp³-hybridized carbons (Fsp3) is 0.412. The molecule has 1 aromatic heterocycles. The van der Waals surface area contributed by atoms with Crippen molar-refractivity contribution >= 4 is 17.2 Å². The van der Waals surface area contributed by atoms with Crippen molar-refractivity contribution in [2.24, 2.45) is 5.92 Å². The summed E-state index contributed by atoms with van der Waals surface area (Å²) >= 11 is 1.60. The smallest absolute Gasteiger partial charge is 0.226 e. The highest BCUT2D eigenvalue weighted by Crippen LogP contribution is 2.27. The highest BCUT2D eigenvalue weighted by Gasteiger charge is 2.26. The molecule has 0 spiro atoms. The van der Waals surface area contributed by atoms with Gasteiger partial charge in [0.15, 0.2) is 0 Å². The van der Waals surface area contributed by atoms with Gasteiger partial charge in [0.25, 0.3) is 0 Å². The minimum Gasteiger partial charge on any atom is -0.493 e. The van der Waals surface area contributed by atoms with Crippen LogP contribution in [0.1, 0.15) is 22.7 Å². The number of hydrogen-bond acceptors (Lipinski definition) is 4. The number of carbonyl (C=O) groups is 1. The zero-order chi connectivity index (χ0) is 15.5. The SMILES string of the molecule is Cc1csc(CN(C)C(=O)C2CCOc3ccccc3C2)n1. The Balaban J connectivity index is 1.69. The molecule has 0 N–H and O–H groups in total. The van der Waals surface area contributed by atoms with Crippen LogP contribution in [0.2, 0.25) is 0 Å². The van der Waals surface area contributed by atoms with Crippen LogP contribution in [0, 0.1) is 12.8 Å². The van der Waals surface area contributed by atoms with Crippen molar-refractivity contribution in [1.29, 1.82) is 0 Å². The molecule has 0 aliphatic carbocycles. The number of ether oxygens (including phenoxy) is 1. The minimum atomic E-state index is -0.0188. The second-order valence-electron chi connectivity index (χ2n) is 5.72. The Hall–Kier alpha value is -1.88. The van der Waals surface area contributed by atoms with Gasteiger partial charge in [-0.25, -0.2) is 4.98 Å². The number of nitrogens with zero attached hydrogens (tertiary/aromatic N) is 2. The maximum atomic E-state index is 12.7. The third-order valence-electron chi connectivity index (χ3n) is 3.93. The van der Waals surface area contributed by atoms with Crippen molar-refractivity contribution in [2.75, 3.05) is 13.7 Å². The van der Waals surface area contributed by atoms with Gasteiger partial charge in [0.05, 0.1) is 13.2 Å². The Morgan fingerprint density at radius 1 is 1.45 bits per heavy atom. The molecular weight excluding hydrogens is 296 g/mol. The van der Waals surface area contributed by atoms with Crippen molar-refractivity contribution in [3.8, 4) is 5.75 Å². The molecule has 22 heavy (non-hydrogen) atoms. The molecule has 0 fully saturated rings. The molecular formula is C17H20N2O2S. The average molecular weight is 316 g/mol. The van der Waals surface area contributed by atoms with E-state index >= 15 is 0 Å². The standard InChI is InChI=1S/C17H20N2O2S/c1-12-11-22-16(18-12)10-19(2)17(20)14-7-8-21-15-6-4-3-5-13(15)9-14/h3-6,11,14H,7-10H2,1-2H3. The van der Waals surface area contributed by atoms with E-state index in [-0.39, 0.29) is 11.8 Å². The Morgan fingerprint density at radius 2 is 2.27 bits per heavy atom. The summed E-state index contributed by atoms with van der Waals surface area (Å²) in [5.41, 5.74) is 2.13. The third kappa shape index (κ3) is 3.30. The van der Waals surface area contributed by atoms with E-state index < -0.39 is 0 Å². The second kappa shape index (κ2) is 6.48. The van der Waals surface area contributed by atoms with Gasteiger partial charge in [-0.15, -0.1) is 11.3 Å². The molecule has 0 saturated carbocycles. The molecule has 0 radical (unpaired) electrons. The Morgan fingerprint density at radius 3 is 3.05 bits per heavy atom. The number of benzene rings is 1. The largest absolute Gasteiger partial charge is 0.493 e. The van der Waals surface area contributed by atoms with Gasteiger partial charge in [0, 0.05) is 24.0 Å². The van der Waals surface area contributed by atoms with E-state index in [0.717, 1.165) is 34.9 Å². The summed E-state index contributed by atoms with van der Waals surface area (Å²) < 4.78 is 5.75. The molecule has 0 saturated heterocycles. The highest BCUT2D eigenvalue weighted by atomic mass is 32.1. The van der Waals surface area contributed by atoms with Crippen molar-refractivity contribution in [2.45, 2.75) is 26.3 Å². The van der Waals surface area contributed by atoms with Gasteiger partial charge in [-0.1, -0.05) is 18.2 Å². The van der Waals surface area contributed by atoms with Gasteiger partial charge in [0.1, 0.15) is 10.8 Å². The lowest BCUT2D eigenvalue weighted by Crippen LogP contribution is -2.33. The predicted molar refractivity (Wildman–Crippen MR) is 87.1 cm³/mol. The summed E-state index contributed by atoms with van der Waals surface area (Å²) in [6, 6.07) is 7.99. The molecule has 5 heteroatoms. The second-order valence-corrected chi connectivity index (χ2v) is 6.67. The molecule has 1 aromatic carbocycles. The van der Waals surface area contributed by atoms with Gasteiger partial charge in [-0.3, -0.25) is 4.79 Å². The van der Waals surface area contributed by atoms with Crippen LogP contribution in [0.5, 0.6) is 5.75 Å². The number of aromatic nitrogens is 1. The summed E-state index contributed by atoms with van der Waals surface area (Å²) in [7, 11) is 1.86. The van der Waals surface area contributed by atoms with Gasteiger partial charge < -0.3 is 9.64 Å². The van der Waals surface area contributed by atoms with E-state index in [1.165, 1.54) is 0 Å². The number of carbonyl (C=O) groups excluding carboxylic acids is 1. The number of para-hydroxylation sites is 1. The molecule has 1 amide bonds. The van der Waals surface area contributed by atoms with Gasteiger partial charge in [-0.05, 0) is 31.4 Å². The highest BCUT2D eigenvalue weighted by molar-refractivity contribution is 7.09. The van der Waals surface area contributed by atoms with E-state index in [0.29, 0.717) is 13.2 Å². The lowest BCUT2D eigenvalue weighted by molar-refractivity contribution is -0.135. The normalized spacial score (nSPS) is 17.3. The maximum absolute atomic E-state index is 12.7. The summed E-state index contributed by atoms with van der Waals surface area (Å²) in [5.74, 6) is 1.07. The molecule has 1 atom stereocenters. The number of amides is 1. The fourth-order valence-corrected chi connectivity index (χ4v) is 3.59. The Bertz CT molecular complexity index is 668. The topological polar surface area (TPSA) is 42.4 Å². The molecule has 0 bridgehead atoms. The number of rotatable bonds is 3. The minimum absolute atomic E-state index is 0.0188. The first-order chi connectivity index (χ1) is 10.6. The monoisotopic (exact) mass is 316 g/mol. The van der Waals surface area contributed by atoms with Crippen molar-refractivity contribution in [3.63, 3.8) is 0 Å². The van der Waals surface area contributed by atoms with E-state index in [4.69, 9.17) is 4.74 Å². The first kappa shape index (κ1) is 15.0. The van der Waals surface area contributed by atoms with Crippen LogP contribution in [-0.2, 0) is 17.8 Å². The average Bonchev–Trinajstić information content (AvgIpc) is 2.80. The maximum Gasteiger partial charge on any atom is 0.226 e. The first-order valence-corrected chi connectivity index (χ1v) is 8.38. The van der Waals surface area contributed by atoms with Gasteiger partial charge in [-0.2, -0.15) is 0 Å². The van der Waals surface area contributed by atoms with E-state index in [1.54, 1.807) is 16.2 Å². The molecule has 2 heterocycles. The number of thiazole rings is 1. The Kier molecular flexibility index (Phi) is 4.43. The quantitative estimate of drug-likeness (QED) is 0.874. The van der Waals surface area contributed by atoms with Gasteiger partial charge >= 0.3 is 0 Å². The van der Waals surface area contributed by atoms with Crippen LogP contribution in [-0.4, -0.2) is 29.4 Å². The number of hydrogen-bond donors (Lipinski definition) is 0. The summed E-state index contributed by atoms with van der Waals surface area (Å²) in [5, 5.41) is 3.00. The lowest BCUT2D eigenvalue weighted by Gasteiger charge is -2.21. The van der Waals surface area contributed by atoms with Crippen molar-refractivity contribution in [3.05, 3.63) is 45.9 Å². The van der Waals surface area contributed by atoms with Crippen molar-refractivity contribution < 1.29 is 9.53 Å². The summed E-state index contributed by atoms with van der Waals surface area (Å²) in [6.07, 6.45) is 1.50. The molecule has 1 aliphatic heterocycles. The van der Waals surface area contributed by atoms with E-state index in [9.17, 15) is 4.79 Å². The Labute approximate surface area is 134 Å². The zero-order valence-electron chi connectivity index (χ0n) is 12.9. The predicted octanol–water partition coefficient (Wildman–Crippen LogP) is 3.05. The van der Waals surface area contributed by atoms with Crippen LogP contribution in [0.4, 0.5) is 0 Å². The summed E-state index contributed by atoms with van der Waals surface area (Å²) in [6.45, 7) is 3.15. The molecule has 1 aliphatic rings. The fourth-order valence-electron chi connectivity index (χ4n) is 2.77. The van der Waals surface area contributed by atoms with Crippen LogP contribution in [0.3, 0.4) is 0 Å².